The lowest BCUT2D eigenvalue weighted by Gasteiger charge is -2.34. The molecule has 0 bridgehead atoms. The van der Waals surface area contributed by atoms with Crippen molar-refractivity contribution >= 4 is 23.3 Å². The van der Waals surface area contributed by atoms with Crippen LogP contribution in [-0.4, -0.2) is 56.2 Å². The lowest BCUT2D eigenvalue weighted by Crippen LogP contribution is -2.46. The highest BCUT2D eigenvalue weighted by molar-refractivity contribution is 7.10. The van der Waals surface area contributed by atoms with Gasteiger partial charge in [0.1, 0.15) is 5.82 Å². The lowest BCUT2D eigenvalue weighted by molar-refractivity contribution is -0.120. The van der Waals surface area contributed by atoms with E-state index in [0.717, 1.165) is 18.7 Å². The van der Waals surface area contributed by atoms with Crippen LogP contribution in [-0.2, 0) is 16.1 Å². The molecule has 29 heavy (non-hydrogen) atoms. The van der Waals surface area contributed by atoms with Crippen molar-refractivity contribution in [1.82, 2.24) is 20.9 Å². The summed E-state index contributed by atoms with van der Waals surface area (Å²) in [5, 5.41) is 10.1. The lowest BCUT2D eigenvalue weighted by atomic mass is 10.2. The van der Waals surface area contributed by atoms with Crippen molar-refractivity contribution in [1.29, 1.82) is 0 Å². The van der Waals surface area contributed by atoms with Gasteiger partial charge in [-0.2, -0.15) is 0 Å². The fourth-order valence-corrected chi connectivity index (χ4v) is 3.92. The van der Waals surface area contributed by atoms with Gasteiger partial charge in [0.15, 0.2) is 0 Å². The van der Waals surface area contributed by atoms with Gasteiger partial charge in [-0.05, 0) is 29.1 Å². The summed E-state index contributed by atoms with van der Waals surface area (Å²) >= 11 is 1.66. The first kappa shape index (κ1) is 21.2. The number of thiophene rings is 1. The second kappa shape index (κ2) is 10.9. The van der Waals surface area contributed by atoms with Crippen LogP contribution in [0.4, 0.5) is 9.18 Å². The number of amides is 3. The summed E-state index contributed by atoms with van der Waals surface area (Å²) in [6, 6.07) is 9.57. The molecule has 2 aromatic rings. The number of morpholine rings is 1. The Morgan fingerprint density at radius 3 is 2.55 bits per heavy atom. The van der Waals surface area contributed by atoms with Crippen LogP contribution < -0.4 is 16.0 Å². The molecule has 1 atom stereocenters. The smallest absolute Gasteiger partial charge is 0.315 e. The summed E-state index contributed by atoms with van der Waals surface area (Å²) in [5.41, 5.74) is 0.773. The van der Waals surface area contributed by atoms with Gasteiger partial charge >= 0.3 is 6.03 Å². The van der Waals surface area contributed by atoms with Gasteiger partial charge in [-0.15, -0.1) is 11.3 Å². The largest absolute Gasteiger partial charge is 0.379 e. The Bertz CT molecular complexity index is 780. The van der Waals surface area contributed by atoms with Crippen molar-refractivity contribution in [3.05, 3.63) is 58.0 Å². The number of carbonyl (C=O) groups is 2. The van der Waals surface area contributed by atoms with Crippen LogP contribution in [0.5, 0.6) is 0 Å². The third-order valence-corrected chi connectivity index (χ3v) is 5.60. The Kier molecular flexibility index (Phi) is 7.97. The number of rotatable bonds is 8. The maximum absolute atomic E-state index is 12.9. The van der Waals surface area contributed by atoms with Crippen molar-refractivity contribution in [2.75, 3.05) is 39.4 Å². The molecule has 0 saturated carbocycles. The summed E-state index contributed by atoms with van der Waals surface area (Å²) in [6.45, 7) is 3.63. The zero-order valence-corrected chi connectivity index (χ0v) is 16.8. The number of halogens is 1. The molecule has 3 N–H and O–H groups in total. The van der Waals surface area contributed by atoms with Gasteiger partial charge in [0.2, 0.25) is 5.91 Å². The molecule has 1 aliphatic rings. The van der Waals surface area contributed by atoms with Gasteiger partial charge in [-0.3, -0.25) is 9.69 Å². The van der Waals surface area contributed by atoms with E-state index in [9.17, 15) is 14.0 Å². The normalized spacial score (nSPS) is 15.5. The molecule has 1 aromatic heterocycles. The van der Waals surface area contributed by atoms with Crippen LogP contribution in [0.3, 0.4) is 0 Å². The number of hydrogen-bond donors (Lipinski definition) is 3. The number of carbonyl (C=O) groups excluding carboxylic acids is 2. The standard InChI is InChI=1S/C20H25FN4O3S/c21-16-5-3-15(4-6-16)12-23-20(27)24-14-19(26)22-13-17(18-2-1-11-29-18)25-7-9-28-10-8-25/h1-6,11,17H,7-10,12-14H2,(H,22,26)(H2,23,24,27)/t17-/m0/s1. The van der Waals surface area contributed by atoms with Gasteiger partial charge in [0, 0.05) is 31.1 Å². The molecule has 2 heterocycles. The number of ether oxygens (including phenoxy) is 1. The quantitative estimate of drug-likeness (QED) is 0.609. The molecule has 1 aliphatic heterocycles. The Morgan fingerprint density at radius 2 is 1.86 bits per heavy atom. The minimum Gasteiger partial charge on any atom is -0.379 e. The fourth-order valence-electron chi connectivity index (χ4n) is 3.06. The van der Waals surface area contributed by atoms with Gasteiger partial charge in [-0.1, -0.05) is 18.2 Å². The molecule has 0 radical (unpaired) electrons. The van der Waals surface area contributed by atoms with Gasteiger partial charge in [0.25, 0.3) is 0 Å². The molecule has 0 unspecified atom stereocenters. The number of benzene rings is 1. The summed E-state index contributed by atoms with van der Waals surface area (Å²) in [5.74, 6) is -0.579. The minimum absolute atomic E-state index is 0.0927. The molecule has 1 aromatic carbocycles. The Balaban J connectivity index is 1.40. The second-order valence-electron chi connectivity index (χ2n) is 6.65. The molecule has 3 amide bonds. The summed E-state index contributed by atoms with van der Waals surface area (Å²) in [6.07, 6.45) is 0. The monoisotopic (exact) mass is 420 g/mol. The highest BCUT2D eigenvalue weighted by atomic mass is 32.1. The first-order chi connectivity index (χ1) is 14.1. The van der Waals surface area contributed by atoms with E-state index >= 15 is 0 Å². The third-order valence-electron chi connectivity index (χ3n) is 4.63. The summed E-state index contributed by atoms with van der Waals surface area (Å²) < 4.78 is 18.3. The van der Waals surface area contributed by atoms with Crippen molar-refractivity contribution in [3.63, 3.8) is 0 Å². The molecule has 0 aliphatic carbocycles. The second-order valence-corrected chi connectivity index (χ2v) is 7.63. The van der Waals surface area contributed by atoms with Crippen LogP contribution in [0.2, 0.25) is 0 Å². The van der Waals surface area contributed by atoms with Gasteiger partial charge in [-0.25, -0.2) is 9.18 Å². The van der Waals surface area contributed by atoms with Crippen LogP contribution in [0, 0.1) is 5.82 Å². The maximum atomic E-state index is 12.9. The third kappa shape index (κ3) is 6.81. The predicted molar refractivity (Wildman–Crippen MR) is 109 cm³/mol. The molecule has 0 spiro atoms. The number of nitrogens with zero attached hydrogens (tertiary/aromatic N) is 1. The van der Waals surface area contributed by atoms with E-state index in [4.69, 9.17) is 4.74 Å². The van der Waals surface area contributed by atoms with Crippen LogP contribution >= 0.6 is 11.3 Å². The molecule has 3 rings (SSSR count). The van der Waals surface area contributed by atoms with E-state index in [2.05, 4.69) is 26.9 Å². The Hall–Kier alpha value is -2.49. The van der Waals surface area contributed by atoms with E-state index in [1.165, 1.54) is 17.0 Å². The molecular formula is C20H25FN4O3S. The minimum atomic E-state index is -0.451. The first-order valence-electron chi connectivity index (χ1n) is 9.50. The van der Waals surface area contributed by atoms with E-state index in [0.29, 0.717) is 19.8 Å². The molecule has 1 fully saturated rings. The predicted octanol–water partition coefficient (Wildman–Crippen LogP) is 1.88. The topological polar surface area (TPSA) is 82.7 Å². The van der Waals surface area contributed by atoms with E-state index in [1.807, 2.05) is 11.4 Å². The zero-order valence-electron chi connectivity index (χ0n) is 16.0. The number of hydrogen-bond acceptors (Lipinski definition) is 5. The van der Waals surface area contributed by atoms with E-state index in [-0.39, 0.29) is 30.9 Å². The number of urea groups is 1. The van der Waals surface area contributed by atoms with Crippen molar-refractivity contribution in [2.45, 2.75) is 12.6 Å². The molecule has 1 saturated heterocycles. The van der Waals surface area contributed by atoms with Crippen LogP contribution in [0.15, 0.2) is 41.8 Å². The summed E-state index contributed by atoms with van der Waals surface area (Å²) in [7, 11) is 0. The van der Waals surface area contributed by atoms with Crippen LogP contribution in [0.25, 0.3) is 0 Å². The van der Waals surface area contributed by atoms with Crippen molar-refractivity contribution in [3.8, 4) is 0 Å². The van der Waals surface area contributed by atoms with Gasteiger partial charge < -0.3 is 20.7 Å². The van der Waals surface area contributed by atoms with Crippen LogP contribution in [0.1, 0.15) is 16.5 Å². The molecule has 9 heteroatoms. The van der Waals surface area contributed by atoms with E-state index < -0.39 is 6.03 Å². The summed E-state index contributed by atoms with van der Waals surface area (Å²) in [4.78, 5) is 27.5. The average molecular weight is 421 g/mol. The van der Waals surface area contributed by atoms with Crippen molar-refractivity contribution < 1.29 is 18.7 Å². The Labute approximate surface area is 173 Å². The Morgan fingerprint density at radius 1 is 1.10 bits per heavy atom. The SMILES string of the molecule is O=C(CNC(=O)NCc1ccc(F)cc1)NC[C@@H](c1cccs1)N1CCOCC1. The average Bonchev–Trinajstić information content (AvgIpc) is 3.27. The molecule has 156 valence electrons. The van der Waals surface area contributed by atoms with Crippen molar-refractivity contribution in [2.24, 2.45) is 0 Å². The molecular weight excluding hydrogens is 395 g/mol. The highest BCUT2D eigenvalue weighted by Crippen LogP contribution is 2.25. The van der Waals surface area contributed by atoms with Gasteiger partial charge in [0.05, 0.1) is 25.8 Å². The van der Waals surface area contributed by atoms with E-state index in [1.54, 1.807) is 23.5 Å². The fraction of sp³-hybridized carbons (Fsp3) is 0.400. The molecule has 7 nitrogen and oxygen atoms in total. The number of nitrogens with one attached hydrogen (secondary N) is 3. The zero-order chi connectivity index (χ0) is 20.5. The highest BCUT2D eigenvalue weighted by Gasteiger charge is 2.23. The first-order valence-corrected chi connectivity index (χ1v) is 10.4. The maximum Gasteiger partial charge on any atom is 0.315 e.